The summed E-state index contributed by atoms with van der Waals surface area (Å²) in [6.45, 7) is 3.89. The molecule has 2 aromatic rings. The monoisotopic (exact) mass is 288 g/mol. The molecule has 0 saturated carbocycles. The first kappa shape index (κ1) is 14.4. The van der Waals surface area contributed by atoms with E-state index in [1.807, 2.05) is 38.1 Å². The average molecular weight is 289 g/mol. The predicted octanol–water partition coefficient (Wildman–Crippen LogP) is 3.72. The molecule has 0 aliphatic carbocycles. The van der Waals surface area contributed by atoms with E-state index in [1.165, 1.54) is 0 Å². The zero-order chi connectivity index (χ0) is 14.7. The number of amides is 1. The van der Waals surface area contributed by atoms with E-state index in [9.17, 15) is 4.79 Å². The number of hydrogen-bond acceptors (Lipinski definition) is 2. The Labute approximate surface area is 123 Å². The van der Waals surface area contributed by atoms with Gasteiger partial charge in [-0.1, -0.05) is 41.4 Å². The smallest absolute Gasteiger partial charge is 0.228 e. The molecule has 104 valence electrons. The van der Waals surface area contributed by atoms with Gasteiger partial charge in [0.25, 0.3) is 0 Å². The number of rotatable bonds is 3. The first-order valence-corrected chi connectivity index (χ1v) is 6.74. The van der Waals surface area contributed by atoms with Gasteiger partial charge in [0.2, 0.25) is 5.91 Å². The van der Waals surface area contributed by atoms with Crippen LogP contribution < -0.4 is 11.1 Å². The van der Waals surface area contributed by atoms with Crippen LogP contribution in [0.2, 0.25) is 5.02 Å². The van der Waals surface area contributed by atoms with Crippen LogP contribution in [0, 0.1) is 13.8 Å². The van der Waals surface area contributed by atoms with Crippen molar-refractivity contribution in [1.82, 2.24) is 0 Å². The van der Waals surface area contributed by atoms with Crippen molar-refractivity contribution in [3.8, 4) is 0 Å². The molecule has 3 N–H and O–H groups in total. The SMILES string of the molecule is Cc1cccc(CC(=O)Nc2cc(Cl)c(N)cc2C)c1. The molecule has 0 unspecified atom stereocenters. The molecule has 2 aromatic carbocycles. The number of carbonyl (C=O) groups is 1. The van der Waals surface area contributed by atoms with Gasteiger partial charge in [-0.15, -0.1) is 0 Å². The van der Waals surface area contributed by atoms with Gasteiger partial charge in [0.05, 0.1) is 17.1 Å². The van der Waals surface area contributed by atoms with Gasteiger partial charge < -0.3 is 11.1 Å². The lowest BCUT2D eigenvalue weighted by atomic mass is 10.1. The van der Waals surface area contributed by atoms with Crippen molar-refractivity contribution in [2.75, 3.05) is 11.1 Å². The van der Waals surface area contributed by atoms with Gasteiger partial charge in [0.15, 0.2) is 0 Å². The van der Waals surface area contributed by atoms with Gasteiger partial charge in [-0.25, -0.2) is 0 Å². The van der Waals surface area contributed by atoms with Crippen LogP contribution in [-0.2, 0) is 11.2 Å². The third-order valence-electron chi connectivity index (χ3n) is 3.06. The Balaban J connectivity index is 2.10. The van der Waals surface area contributed by atoms with Crippen molar-refractivity contribution in [2.24, 2.45) is 0 Å². The molecule has 0 atom stereocenters. The van der Waals surface area contributed by atoms with E-state index in [1.54, 1.807) is 12.1 Å². The van der Waals surface area contributed by atoms with Gasteiger partial charge in [-0.05, 0) is 37.1 Å². The minimum absolute atomic E-state index is 0.0699. The number of nitrogens with two attached hydrogens (primary N) is 1. The molecule has 0 radical (unpaired) electrons. The first-order valence-electron chi connectivity index (χ1n) is 6.36. The molecule has 3 nitrogen and oxygen atoms in total. The second kappa shape index (κ2) is 5.97. The van der Waals surface area contributed by atoms with Crippen LogP contribution in [0.4, 0.5) is 11.4 Å². The number of aryl methyl sites for hydroxylation is 2. The highest BCUT2D eigenvalue weighted by molar-refractivity contribution is 6.33. The van der Waals surface area contributed by atoms with Crippen LogP contribution in [0.15, 0.2) is 36.4 Å². The van der Waals surface area contributed by atoms with E-state index in [4.69, 9.17) is 17.3 Å². The number of nitrogen functional groups attached to an aromatic ring is 1. The van der Waals surface area contributed by atoms with Gasteiger partial charge in [-0.2, -0.15) is 0 Å². The molecule has 4 heteroatoms. The maximum atomic E-state index is 12.1. The maximum Gasteiger partial charge on any atom is 0.228 e. The molecule has 0 bridgehead atoms. The molecule has 0 heterocycles. The van der Waals surface area contributed by atoms with Crippen LogP contribution in [0.1, 0.15) is 16.7 Å². The Morgan fingerprint density at radius 2 is 2.00 bits per heavy atom. The zero-order valence-electron chi connectivity index (χ0n) is 11.5. The minimum Gasteiger partial charge on any atom is -0.398 e. The largest absolute Gasteiger partial charge is 0.398 e. The lowest BCUT2D eigenvalue weighted by molar-refractivity contribution is -0.115. The van der Waals surface area contributed by atoms with Crippen LogP contribution in [0.3, 0.4) is 0 Å². The number of anilines is 2. The second-order valence-corrected chi connectivity index (χ2v) is 5.31. The normalized spacial score (nSPS) is 10.3. The van der Waals surface area contributed by atoms with Crippen LogP contribution >= 0.6 is 11.6 Å². The highest BCUT2D eigenvalue weighted by Gasteiger charge is 2.08. The Morgan fingerprint density at radius 3 is 2.70 bits per heavy atom. The maximum absolute atomic E-state index is 12.1. The Hall–Kier alpha value is -2.00. The molecule has 0 saturated heterocycles. The quantitative estimate of drug-likeness (QED) is 0.846. The molecule has 0 aromatic heterocycles. The number of nitrogens with one attached hydrogen (secondary N) is 1. The van der Waals surface area contributed by atoms with Crippen molar-refractivity contribution in [1.29, 1.82) is 0 Å². The van der Waals surface area contributed by atoms with E-state index in [2.05, 4.69) is 5.32 Å². The number of carbonyl (C=O) groups excluding carboxylic acids is 1. The van der Waals surface area contributed by atoms with Crippen molar-refractivity contribution < 1.29 is 4.79 Å². The summed E-state index contributed by atoms with van der Waals surface area (Å²) >= 11 is 5.97. The number of halogens is 1. The van der Waals surface area contributed by atoms with E-state index in [0.29, 0.717) is 22.8 Å². The molecular weight excluding hydrogens is 272 g/mol. The fourth-order valence-corrected chi connectivity index (χ4v) is 2.20. The third kappa shape index (κ3) is 3.52. The molecule has 0 fully saturated rings. The van der Waals surface area contributed by atoms with Crippen molar-refractivity contribution in [3.63, 3.8) is 0 Å². The first-order chi connectivity index (χ1) is 9.45. The fourth-order valence-electron chi connectivity index (χ4n) is 2.04. The highest BCUT2D eigenvalue weighted by atomic mass is 35.5. The number of hydrogen-bond donors (Lipinski definition) is 2. The third-order valence-corrected chi connectivity index (χ3v) is 3.39. The minimum atomic E-state index is -0.0699. The topological polar surface area (TPSA) is 55.1 Å². The van der Waals surface area contributed by atoms with Crippen LogP contribution in [0.25, 0.3) is 0 Å². The summed E-state index contributed by atoms with van der Waals surface area (Å²) in [4.78, 5) is 12.1. The summed E-state index contributed by atoms with van der Waals surface area (Å²) in [5, 5.41) is 3.31. The van der Waals surface area contributed by atoms with E-state index in [0.717, 1.165) is 16.7 Å². The zero-order valence-corrected chi connectivity index (χ0v) is 12.3. The summed E-state index contributed by atoms with van der Waals surface area (Å²) in [6, 6.07) is 11.3. The van der Waals surface area contributed by atoms with Gasteiger partial charge in [0, 0.05) is 5.69 Å². The summed E-state index contributed by atoms with van der Waals surface area (Å²) in [5.41, 5.74) is 9.95. The predicted molar refractivity (Wildman–Crippen MR) is 84.1 cm³/mol. The Kier molecular flexibility index (Phi) is 4.30. The van der Waals surface area contributed by atoms with E-state index < -0.39 is 0 Å². The molecule has 0 aliphatic heterocycles. The number of benzene rings is 2. The summed E-state index contributed by atoms with van der Waals surface area (Å²) in [5.74, 6) is -0.0699. The van der Waals surface area contributed by atoms with E-state index in [-0.39, 0.29) is 5.91 Å². The van der Waals surface area contributed by atoms with Gasteiger partial charge >= 0.3 is 0 Å². The summed E-state index contributed by atoms with van der Waals surface area (Å²) < 4.78 is 0. The Bertz CT molecular complexity index is 653. The standard InChI is InChI=1S/C16H17ClN2O/c1-10-4-3-5-12(6-10)8-16(20)19-15-9-13(17)14(18)7-11(15)2/h3-7,9H,8,18H2,1-2H3,(H,19,20). The molecule has 1 amide bonds. The van der Waals surface area contributed by atoms with Gasteiger partial charge in [0.1, 0.15) is 0 Å². The van der Waals surface area contributed by atoms with Crippen molar-refractivity contribution in [2.45, 2.75) is 20.3 Å². The average Bonchev–Trinajstić information content (AvgIpc) is 2.36. The second-order valence-electron chi connectivity index (χ2n) is 4.90. The van der Waals surface area contributed by atoms with Crippen molar-refractivity contribution >= 4 is 28.9 Å². The molecule has 0 aliphatic rings. The van der Waals surface area contributed by atoms with E-state index >= 15 is 0 Å². The molecule has 2 rings (SSSR count). The molecular formula is C16H17ClN2O. The van der Waals surface area contributed by atoms with Crippen LogP contribution in [-0.4, -0.2) is 5.91 Å². The molecule has 20 heavy (non-hydrogen) atoms. The lowest BCUT2D eigenvalue weighted by Gasteiger charge is -2.10. The summed E-state index contributed by atoms with van der Waals surface area (Å²) in [7, 11) is 0. The van der Waals surface area contributed by atoms with Crippen LogP contribution in [0.5, 0.6) is 0 Å². The molecule has 0 spiro atoms. The van der Waals surface area contributed by atoms with Gasteiger partial charge in [-0.3, -0.25) is 4.79 Å². The lowest BCUT2D eigenvalue weighted by Crippen LogP contribution is -2.15. The van der Waals surface area contributed by atoms with Crippen molar-refractivity contribution in [3.05, 3.63) is 58.1 Å². The Morgan fingerprint density at radius 1 is 1.25 bits per heavy atom. The fraction of sp³-hybridized carbons (Fsp3) is 0.188. The highest BCUT2D eigenvalue weighted by Crippen LogP contribution is 2.26. The summed E-state index contributed by atoms with van der Waals surface area (Å²) in [6.07, 6.45) is 0.336.